The molecule has 0 amide bonds. The zero-order valence-electron chi connectivity index (χ0n) is 12.0. The average Bonchev–Trinajstić information content (AvgIpc) is 2.81. The van der Waals surface area contributed by atoms with Gasteiger partial charge in [0.25, 0.3) is 0 Å². The van der Waals surface area contributed by atoms with Gasteiger partial charge < -0.3 is 9.64 Å². The van der Waals surface area contributed by atoms with Crippen molar-refractivity contribution in [3.05, 3.63) is 11.1 Å². The predicted octanol–water partition coefficient (Wildman–Crippen LogP) is 2.73. The van der Waals surface area contributed by atoms with E-state index in [2.05, 4.69) is 35.4 Å². The van der Waals surface area contributed by atoms with E-state index in [0.29, 0.717) is 17.9 Å². The summed E-state index contributed by atoms with van der Waals surface area (Å²) in [6, 6.07) is 0.508. The first kappa shape index (κ1) is 14.3. The summed E-state index contributed by atoms with van der Waals surface area (Å²) in [4.78, 5) is 18.2. The number of ether oxygens (including phenoxy) is 1. The second-order valence-corrected chi connectivity index (χ2v) is 6.42. The van der Waals surface area contributed by atoms with E-state index in [1.165, 1.54) is 13.5 Å². The molecule has 3 atom stereocenters. The number of piperidine rings is 1. The van der Waals surface area contributed by atoms with Crippen molar-refractivity contribution in [1.82, 2.24) is 4.98 Å². The summed E-state index contributed by atoms with van der Waals surface area (Å²) >= 11 is 1.62. The molecule has 0 N–H and O–H groups in total. The van der Waals surface area contributed by atoms with Gasteiger partial charge >= 0.3 is 5.97 Å². The number of carbonyl (C=O) groups is 1. The summed E-state index contributed by atoms with van der Waals surface area (Å²) in [7, 11) is 1.41. The molecular formula is C14H22N2O2S. The van der Waals surface area contributed by atoms with Gasteiger partial charge in [0.15, 0.2) is 5.13 Å². The molecule has 2 heterocycles. The van der Waals surface area contributed by atoms with Crippen molar-refractivity contribution in [3.8, 4) is 0 Å². The topological polar surface area (TPSA) is 42.4 Å². The summed E-state index contributed by atoms with van der Waals surface area (Å²) in [6.07, 6.45) is 1.54. The van der Waals surface area contributed by atoms with Crippen LogP contribution in [0.1, 0.15) is 32.9 Å². The lowest BCUT2D eigenvalue weighted by Crippen LogP contribution is -2.45. The van der Waals surface area contributed by atoms with Crippen LogP contribution in [0.25, 0.3) is 0 Å². The van der Waals surface area contributed by atoms with Crippen LogP contribution in [-0.2, 0) is 16.0 Å². The zero-order valence-corrected chi connectivity index (χ0v) is 12.9. The minimum absolute atomic E-state index is 0.231. The first-order chi connectivity index (χ1) is 9.01. The lowest BCUT2D eigenvalue weighted by Gasteiger charge is -2.41. The van der Waals surface area contributed by atoms with Crippen LogP contribution in [0.4, 0.5) is 5.13 Å². The summed E-state index contributed by atoms with van der Waals surface area (Å²) < 4.78 is 4.68. The van der Waals surface area contributed by atoms with Gasteiger partial charge in [-0.1, -0.05) is 13.8 Å². The van der Waals surface area contributed by atoms with Crippen LogP contribution in [0, 0.1) is 11.8 Å². The Morgan fingerprint density at radius 3 is 2.95 bits per heavy atom. The molecule has 5 heteroatoms. The summed E-state index contributed by atoms with van der Waals surface area (Å²) in [5.41, 5.74) is 0.810. The lowest BCUT2D eigenvalue weighted by molar-refractivity contribution is -0.139. The Hall–Kier alpha value is -1.10. The third kappa shape index (κ3) is 3.26. The Labute approximate surface area is 118 Å². The number of carbonyl (C=O) groups excluding carboxylic acids is 1. The highest BCUT2D eigenvalue weighted by Crippen LogP contribution is 2.33. The fourth-order valence-corrected chi connectivity index (χ4v) is 3.62. The van der Waals surface area contributed by atoms with Crippen molar-refractivity contribution in [2.45, 2.75) is 39.7 Å². The maximum absolute atomic E-state index is 11.3. The van der Waals surface area contributed by atoms with Gasteiger partial charge in [-0.2, -0.15) is 0 Å². The molecule has 0 bridgehead atoms. The van der Waals surface area contributed by atoms with Crippen molar-refractivity contribution in [1.29, 1.82) is 0 Å². The molecule has 0 spiro atoms. The van der Waals surface area contributed by atoms with E-state index in [1.54, 1.807) is 11.3 Å². The second kappa shape index (κ2) is 5.90. The Kier molecular flexibility index (Phi) is 4.45. The third-order valence-corrected chi connectivity index (χ3v) is 4.86. The highest BCUT2D eigenvalue weighted by atomic mass is 32.1. The molecule has 1 saturated heterocycles. The molecule has 106 valence electrons. The monoisotopic (exact) mass is 282 g/mol. The number of esters is 1. The number of hydrogen-bond acceptors (Lipinski definition) is 5. The summed E-state index contributed by atoms with van der Waals surface area (Å²) in [5.74, 6) is 1.14. The van der Waals surface area contributed by atoms with E-state index in [-0.39, 0.29) is 12.4 Å². The van der Waals surface area contributed by atoms with Crippen LogP contribution in [0.2, 0.25) is 0 Å². The SMILES string of the molecule is COC(=O)Cc1csc(N2CC(C)CC(C)C2C)n1. The smallest absolute Gasteiger partial charge is 0.311 e. The predicted molar refractivity (Wildman–Crippen MR) is 77.6 cm³/mol. The number of hydrogen-bond donors (Lipinski definition) is 0. The standard InChI is InChI=1S/C14H22N2O2S/c1-9-5-10(2)11(3)16(7-9)14-15-12(8-19-14)6-13(17)18-4/h8-11H,5-7H2,1-4H3. The minimum atomic E-state index is -0.231. The molecule has 0 aliphatic carbocycles. The van der Waals surface area contributed by atoms with Crippen LogP contribution in [0.3, 0.4) is 0 Å². The number of aromatic nitrogens is 1. The quantitative estimate of drug-likeness (QED) is 0.800. The third-order valence-electron chi connectivity index (χ3n) is 3.94. The molecule has 3 unspecified atom stereocenters. The Bertz CT molecular complexity index is 446. The van der Waals surface area contributed by atoms with Crippen LogP contribution >= 0.6 is 11.3 Å². The van der Waals surface area contributed by atoms with E-state index in [4.69, 9.17) is 0 Å². The van der Waals surface area contributed by atoms with Gasteiger partial charge in [0.1, 0.15) is 0 Å². The molecular weight excluding hydrogens is 260 g/mol. The van der Waals surface area contributed by atoms with Crippen LogP contribution in [0.5, 0.6) is 0 Å². The molecule has 4 nitrogen and oxygen atoms in total. The first-order valence-corrected chi connectivity index (χ1v) is 7.67. The molecule has 0 aromatic carbocycles. The van der Waals surface area contributed by atoms with Gasteiger partial charge in [-0.25, -0.2) is 4.98 Å². The van der Waals surface area contributed by atoms with Gasteiger partial charge in [0.05, 0.1) is 19.2 Å². The van der Waals surface area contributed by atoms with Crippen molar-refractivity contribution in [2.24, 2.45) is 11.8 Å². The molecule has 1 aromatic rings. The van der Waals surface area contributed by atoms with Crippen molar-refractivity contribution in [2.75, 3.05) is 18.6 Å². The van der Waals surface area contributed by atoms with Crippen LogP contribution in [0.15, 0.2) is 5.38 Å². The number of rotatable bonds is 3. The number of nitrogens with zero attached hydrogens (tertiary/aromatic N) is 2. The normalized spacial score (nSPS) is 27.4. The fourth-order valence-electron chi connectivity index (χ4n) is 2.70. The largest absolute Gasteiger partial charge is 0.469 e. The first-order valence-electron chi connectivity index (χ1n) is 6.79. The maximum Gasteiger partial charge on any atom is 0.311 e. The van der Waals surface area contributed by atoms with Gasteiger partial charge in [-0.3, -0.25) is 4.79 Å². The molecule has 2 rings (SSSR count). The Balaban J connectivity index is 2.10. The average molecular weight is 282 g/mol. The molecule has 19 heavy (non-hydrogen) atoms. The Morgan fingerprint density at radius 2 is 2.26 bits per heavy atom. The number of thiazole rings is 1. The maximum atomic E-state index is 11.3. The molecule has 1 aliphatic heterocycles. The van der Waals surface area contributed by atoms with Crippen molar-refractivity contribution >= 4 is 22.4 Å². The Morgan fingerprint density at radius 1 is 1.53 bits per heavy atom. The second-order valence-electron chi connectivity index (χ2n) is 5.59. The van der Waals surface area contributed by atoms with Gasteiger partial charge in [0, 0.05) is 18.0 Å². The highest BCUT2D eigenvalue weighted by molar-refractivity contribution is 7.13. The van der Waals surface area contributed by atoms with Gasteiger partial charge in [0.2, 0.25) is 0 Å². The van der Waals surface area contributed by atoms with E-state index in [9.17, 15) is 4.79 Å². The van der Waals surface area contributed by atoms with Crippen molar-refractivity contribution < 1.29 is 9.53 Å². The van der Waals surface area contributed by atoms with Gasteiger partial charge in [-0.05, 0) is 25.2 Å². The van der Waals surface area contributed by atoms with E-state index < -0.39 is 0 Å². The number of methoxy groups -OCH3 is 1. The van der Waals surface area contributed by atoms with Crippen LogP contribution < -0.4 is 4.90 Å². The molecule has 1 aromatic heterocycles. The summed E-state index contributed by atoms with van der Waals surface area (Å²) in [5, 5.41) is 2.99. The van der Waals surface area contributed by atoms with E-state index in [0.717, 1.165) is 17.4 Å². The minimum Gasteiger partial charge on any atom is -0.469 e. The van der Waals surface area contributed by atoms with Crippen molar-refractivity contribution in [3.63, 3.8) is 0 Å². The summed E-state index contributed by atoms with van der Waals surface area (Å²) in [6.45, 7) is 7.91. The molecule has 0 saturated carbocycles. The van der Waals surface area contributed by atoms with Gasteiger partial charge in [-0.15, -0.1) is 11.3 Å². The van der Waals surface area contributed by atoms with E-state index >= 15 is 0 Å². The highest BCUT2D eigenvalue weighted by Gasteiger charge is 2.30. The lowest BCUT2D eigenvalue weighted by atomic mass is 9.86. The van der Waals surface area contributed by atoms with E-state index in [1.807, 2.05) is 5.38 Å². The fraction of sp³-hybridized carbons (Fsp3) is 0.714. The van der Waals surface area contributed by atoms with Crippen LogP contribution in [-0.4, -0.2) is 30.6 Å². The molecule has 1 aliphatic rings. The number of anilines is 1. The zero-order chi connectivity index (χ0) is 14.0. The molecule has 1 fully saturated rings. The molecule has 0 radical (unpaired) electrons.